The fraction of sp³-hybridized carbons (Fsp3) is 0.294. The Kier molecular flexibility index (Phi) is 5.06. The third kappa shape index (κ3) is 3.87. The van der Waals surface area contributed by atoms with E-state index >= 15 is 0 Å². The van der Waals surface area contributed by atoms with Crippen molar-refractivity contribution in [3.8, 4) is 11.5 Å². The van der Waals surface area contributed by atoms with Crippen molar-refractivity contribution in [3.63, 3.8) is 0 Å². The van der Waals surface area contributed by atoms with Gasteiger partial charge in [0.1, 0.15) is 11.5 Å². The van der Waals surface area contributed by atoms with Gasteiger partial charge < -0.3 is 14.9 Å². The van der Waals surface area contributed by atoms with Crippen molar-refractivity contribution in [1.29, 1.82) is 0 Å². The highest BCUT2D eigenvalue weighted by Gasteiger charge is 2.45. The van der Waals surface area contributed by atoms with E-state index in [9.17, 15) is 27.0 Å². The molecule has 1 fully saturated rings. The van der Waals surface area contributed by atoms with Crippen molar-refractivity contribution in [2.75, 3.05) is 22.9 Å². The number of hydrogen-bond acceptors (Lipinski definition) is 7. The Balaban J connectivity index is 2.14. The molecule has 1 heterocycles. The third-order valence-corrected chi connectivity index (χ3v) is 7.86. The lowest BCUT2D eigenvalue weighted by Gasteiger charge is -2.31. The maximum absolute atomic E-state index is 13.3. The van der Waals surface area contributed by atoms with Crippen LogP contribution >= 0.6 is 0 Å². The summed E-state index contributed by atoms with van der Waals surface area (Å²) in [5, 5.41) is 20.0. The summed E-state index contributed by atoms with van der Waals surface area (Å²) >= 11 is 0. The van der Waals surface area contributed by atoms with Crippen molar-refractivity contribution in [2.45, 2.75) is 17.0 Å². The van der Waals surface area contributed by atoms with E-state index in [1.54, 1.807) is 0 Å². The standard InChI is InChI=1S/C17H19NO7S2/c1-25-14-5-7-15(8-6-14)27(23,24)18(12-3-2-4-13(19)9-12)16-10-26(21,22)11-17(16)20/h2-9,16-17,19-20H,10-11H2,1H3/t16-,17-/m0/s1. The van der Waals surface area contributed by atoms with Crippen LogP contribution in [-0.2, 0) is 19.9 Å². The summed E-state index contributed by atoms with van der Waals surface area (Å²) in [6.45, 7) is 0. The van der Waals surface area contributed by atoms with Crippen LogP contribution in [0.25, 0.3) is 0 Å². The topological polar surface area (TPSA) is 121 Å². The van der Waals surface area contributed by atoms with Crippen LogP contribution < -0.4 is 9.04 Å². The number of phenolic OH excluding ortho intramolecular Hbond substituents is 1. The number of nitrogens with zero attached hydrogens (tertiary/aromatic N) is 1. The monoisotopic (exact) mass is 413 g/mol. The predicted octanol–water partition coefficient (Wildman–Crippen LogP) is 0.754. The van der Waals surface area contributed by atoms with Crippen LogP contribution in [0.2, 0.25) is 0 Å². The number of ether oxygens (including phenoxy) is 1. The van der Waals surface area contributed by atoms with E-state index in [-0.39, 0.29) is 16.3 Å². The molecule has 0 saturated carbocycles. The first-order chi connectivity index (χ1) is 12.6. The minimum atomic E-state index is -4.22. The molecular formula is C17H19NO7S2. The molecule has 3 rings (SSSR count). The largest absolute Gasteiger partial charge is 0.508 e. The number of rotatable bonds is 5. The lowest BCUT2D eigenvalue weighted by atomic mass is 10.2. The summed E-state index contributed by atoms with van der Waals surface area (Å²) in [6.07, 6.45) is -1.38. The van der Waals surface area contributed by atoms with Gasteiger partial charge in [-0.15, -0.1) is 0 Å². The van der Waals surface area contributed by atoms with Crippen LogP contribution in [-0.4, -0.2) is 57.8 Å². The fourth-order valence-electron chi connectivity index (χ4n) is 3.03. The van der Waals surface area contributed by atoms with Gasteiger partial charge in [-0.1, -0.05) is 6.07 Å². The molecule has 1 aliphatic rings. The summed E-state index contributed by atoms with van der Waals surface area (Å²) in [5.74, 6) is -0.760. The van der Waals surface area contributed by atoms with Gasteiger partial charge in [-0.3, -0.25) is 4.31 Å². The molecule has 10 heteroatoms. The number of methoxy groups -OCH3 is 1. The van der Waals surface area contributed by atoms with Gasteiger partial charge in [0.15, 0.2) is 9.84 Å². The molecule has 0 unspecified atom stereocenters. The normalized spacial score (nSPS) is 21.7. The van der Waals surface area contributed by atoms with Crippen molar-refractivity contribution >= 4 is 25.5 Å². The molecule has 27 heavy (non-hydrogen) atoms. The lowest BCUT2D eigenvalue weighted by Crippen LogP contribution is -2.47. The van der Waals surface area contributed by atoms with Crippen LogP contribution in [0.3, 0.4) is 0 Å². The maximum atomic E-state index is 13.3. The first-order valence-corrected chi connectivity index (χ1v) is 11.3. The number of aliphatic hydroxyl groups is 1. The number of anilines is 1. The highest BCUT2D eigenvalue weighted by Crippen LogP contribution is 2.33. The smallest absolute Gasteiger partial charge is 0.264 e. The fourth-order valence-corrected chi connectivity index (χ4v) is 6.57. The Bertz CT molecular complexity index is 1030. The van der Waals surface area contributed by atoms with E-state index < -0.39 is 43.5 Å². The second-order valence-electron chi connectivity index (χ2n) is 6.21. The summed E-state index contributed by atoms with van der Waals surface area (Å²) in [6, 6.07) is 9.84. The molecule has 2 N–H and O–H groups in total. The summed E-state index contributed by atoms with van der Waals surface area (Å²) in [4.78, 5) is -0.0943. The molecule has 0 aromatic heterocycles. The molecule has 0 radical (unpaired) electrons. The molecule has 0 bridgehead atoms. The number of benzene rings is 2. The number of aromatic hydroxyl groups is 1. The van der Waals surface area contributed by atoms with Gasteiger partial charge in [-0.2, -0.15) is 0 Å². The number of hydrogen-bond donors (Lipinski definition) is 2. The van der Waals surface area contributed by atoms with Crippen molar-refractivity contribution in [2.24, 2.45) is 0 Å². The van der Waals surface area contributed by atoms with E-state index in [4.69, 9.17) is 4.74 Å². The zero-order chi connectivity index (χ0) is 19.8. The molecule has 0 spiro atoms. The quantitative estimate of drug-likeness (QED) is 0.742. The van der Waals surface area contributed by atoms with Gasteiger partial charge in [-0.25, -0.2) is 16.8 Å². The van der Waals surface area contributed by atoms with Crippen molar-refractivity contribution in [1.82, 2.24) is 0 Å². The SMILES string of the molecule is COc1ccc(S(=O)(=O)N(c2cccc(O)c2)[C@H]2CS(=O)(=O)C[C@@H]2O)cc1. The molecule has 2 atom stereocenters. The minimum Gasteiger partial charge on any atom is -0.508 e. The van der Waals surface area contributed by atoms with Crippen LogP contribution in [0.5, 0.6) is 11.5 Å². The molecule has 1 saturated heterocycles. The zero-order valence-electron chi connectivity index (χ0n) is 14.4. The second-order valence-corrected chi connectivity index (χ2v) is 10.2. The van der Waals surface area contributed by atoms with Gasteiger partial charge in [0.05, 0.1) is 41.3 Å². The van der Waals surface area contributed by atoms with Gasteiger partial charge >= 0.3 is 0 Å². The van der Waals surface area contributed by atoms with Crippen LogP contribution in [0.15, 0.2) is 53.4 Å². The number of sulfone groups is 1. The Labute approximate surface area is 157 Å². The van der Waals surface area contributed by atoms with E-state index in [0.717, 1.165) is 4.31 Å². The Morgan fingerprint density at radius 3 is 2.30 bits per heavy atom. The first-order valence-electron chi connectivity index (χ1n) is 8.00. The number of aliphatic hydroxyl groups excluding tert-OH is 1. The lowest BCUT2D eigenvalue weighted by molar-refractivity contribution is 0.184. The molecular weight excluding hydrogens is 394 g/mol. The third-order valence-electron chi connectivity index (χ3n) is 4.30. The van der Waals surface area contributed by atoms with Gasteiger partial charge in [0.2, 0.25) is 0 Å². The molecule has 0 amide bonds. The van der Waals surface area contributed by atoms with Crippen LogP contribution in [0.1, 0.15) is 0 Å². The summed E-state index contributed by atoms with van der Waals surface area (Å²) < 4.78 is 56.4. The molecule has 8 nitrogen and oxygen atoms in total. The summed E-state index contributed by atoms with van der Waals surface area (Å²) in [7, 11) is -6.37. The van der Waals surface area contributed by atoms with E-state index in [0.29, 0.717) is 5.75 Å². The molecule has 2 aromatic rings. The van der Waals surface area contributed by atoms with Crippen LogP contribution in [0, 0.1) is 0 Å². The average molecular weight is 413 g/mol. The Morgan fingerprint density at radius 1 is 1.11 bits per heavy atom. The molecule has 146 valence electrons. The highest BCUT2D eigenvalue weighted by molar-refractivity contribution is 7.93. The maximum Gasteiger partial charge on any atom is 0.264 e. The van der Waals surface area contributed by atoms with E-state index in [1.165, 1.54) is 55.6 Å². The zero-order valence-corrected chi connectivity index (χ0v) is 16.0. The van der Waals surface area contributed by atoms with Crippen LogP contribution in [0.4, 0.5) is 5.69 Å². The summed E-state index contributed by atoms with van der Waals surface area (Å²) in [5.41, 5.74) is 0.0620. The van der Waals surface area contributed by atoms with Gasteiger partial charge in [-0.05, 0) is 36.4 Å². The minimum absolute atomic E-state index is 0.0620. The average Bonchev–Trinajstić information content (AvgIpc) is 2.87. The number of sulfonamides is 1. The van der Waals surface area contributed by atoms with Gasteiger partial charge in [0, 0.05) is 6.07 Å². The highest BCUT2D eigenvalue weighted by atomic mass is 32.2. The second kappa shape index (κ2) is 7.02. The number of phenols is 1. The van der Waals surface area contributed by atoms with Gasteiger partial charge in [0.25, 0.3) is 10.0 Å². The van der Waals surface area contributed by atoms with Crippen molar-refractivity contribution < 1.29 is 31.8 Å². The van der Waals surface area contributed by atoms with Crippen molar-refractivity contribution in [3.05, 3.63) is 48.5 Å². The molecule has 0 aliphatic carbocycles. The van der Waals surface area contributed by atoms with E-state index in [2.05, 4.69) is 0 Å². The predicted molar refractivity (Wildman–Crippen MR) is 99.2 cm³/mol. The first kappa shape index (κ1) is 19.5. The Hall–Kier alpha value is -2.30. The van der Waals surface area contributed by atoms with E-state index in [1.807, 2.05) is 0 Å². The Morgan fingerprint density at radius 2 is 1.78 bits per heavy atom. The molecule has 1 aliphatic heterocycles. The molecule has 2 aromatic carbocycles.